The van der Waals surface area contributed by atoms with Gasteiger partial charge < -0.3 is 15.2 Å². The van der Waals surface area contributed by atoms with Crippen molar-refractivity contribution in [2.75, 3.05) is 19.8 Å². The first-order valence-electron chi connectivity index (χ1n) is 8.89. The van der Waals surface area contributed by atoms with E-state index in [1.165, 1.54) is 0 Å². The molecule has 2 N–H and O–H groups in total. The molecule has 0 aliphatic carbocycles. The van der Waals surface area contributed by atoms with Gasteiger partial charge in [0, 0.05) is 5.56 Å². The lowest BCUT2D eigenvalue weighted by molar-refractivity contribution is -0.123. The summed E-state index contributed by atoms with van der Waals surface area (Å²) < 4.78 is 11.0. The number of ether oxygens (including phenoxy) is 2. The van der Waals surface area contributed by atoms with Crippen LogP contribution in [-0.2, 0) is 9.59 Å². The van der Waals surface area contributed by atoms with Gasteiger partial charge in [0.2, 0.25) is 0 Å². The van der Waals surface area contributed by atoms with E-state index in [-0.39, 0.29) is 29.9 Å². The summed E-state index contributed by atoms with van der Waals surface area (Å²) in [6.07, 6.45) is 1.57. The molecule has 0 radical (unpaired) electrons. The van der Waals surface area contributed by atoms with E-state index >= 15 is 0 Å². The van der Waals surface area contributed by atoms with Gasteiger partial charge in [0.15, 0.2) is 6.61 Å². The van der Waals surface area contributed by atoms with Crippen LogP contribution in [0.5, 0.6) is 11.5 Å². The van der Waals surface area contributed by atoms with E-state index in [0.717, 1.165) is 22.2 Å². The zero-order chi connectivity index (χ0) is 20.8. The fourth-order valence-corrected chi connectivity index (χ4v) is 3.53. The minimum atomic E-state index is -0.603. The average molecular weight is 412 g/mol. The topological polar surface area (TPSA) is 98.9 Å². The van der Waals surface area contributed by atoms with Crippen LogP contribution in [0, 0.1) is 6.92 Å². The van der Waals surface area contributed by atoms with Crippen LogP contribution in [0.1, 0.15) is 11.1 Å². The number of nitrogens with two attached hydrogens (primary N) is 1. The Hall–Kier alpha value is -3.26. The second-order valence-electron chi connectivity index (χ2n) is 6.29. The Labute approximate surface area is 172 Å². The number of rotatable bonds is 8. The number of imide groups is 1. The summed E-state index contributed by atoms with van der Waals surface area (Å²) in [7, 11) is 0. The third-order valence-corrected chi connectivity index (χ3v) is 4.93. The normalized spacial score (nSPS) is 15.1. The molecule has 0 bridgehead atoms. The summed E-state index contributed by atoms with van der Waals surface area (Å²) in [5, 5.41) is -0.357. The molecular weight excluding hydrogens is 392 g/mol. The molecule has 3 amide bonds. The highest BCUT2D eigenvalue weighted by molar-refractivity contribution is 8.18. The standard InChI is InChI=1S/C21H20N2O5S/c1-14-5-4-7-16(11-14)27-10-9-23-20(25)18(29-21(23)26)12-15-6-2-3-8-17(15)28-13-19(22)24/h2-8,11-12H,9-10,13H2,1H3,(H2,22,24)/b18-12-. The van der Waals surface area contributed by atoms with E-state index in [0.29, 0.717) is 17.1 Å². The van der Waals surface area contributed by atoms with Crippen molar-refractivity contribution in [1.29, 1.82) is 0 Å². The number of aryl methyl sites for hydroxylation is 1. The van der Waals surface area contributed by atoms with E-state index < -0.39 is 11.8 Å². The van der Waals surface area contributed by atoms with Crippen molar-refractivity contribution in [3.05, 3.63) is 64.6 Å². The lowest BCUT2D eigenvalue weighted by atomic mass is 10.2. The number of carbonyl (C=O) groups is 3. The first-order chi connectivity index (χ1) is 13.9. The SMILES string of the molecule is Cc1cccc(OCCN2C(=O)S/C(=C\c3ccccc3OCC(N)=O)C2=O)c1. The van der Waals surface area contributed by atoms with Crippen molar-refractivity contribution in [1.82, 2.24) is 4.90 Å². The fraction of sp³-hybridized carbons (Fsp3) is 0.190. The number of benzene rings is 2. The second-order valence-corrected chi connectivity index (χ2v) is 7.28. The maximum Gasteiger partial charge on any atom is 0.293 e. The first kappa shape index (κ1) is 20.5. The fourth-order valence-electron chi connectivity index (χ4n) is 2.67. The number of hydrogen-bond donors (Lipinski definition) is 1. The lowest BCUT2D eigenvalue weighted by Crippen LogP contribution is -2.32. The predicted octanol–water partition coefficient (Wildman–Crippen LogP) is 2.97. The van der Waals surface area contributed by atoms with E-state index in [4.69, 9.17) is 15.2 Å². The highest BCUT2D eigenvalue weighted by Gasteiger charge is 2.35. The molecule has 0 unspecified atom stereocenters. The molecule has 1 saturated heterocycles. The van der Waals surface area contributed by atoms with Crippen LogP contribution >= 0.6 is 11.8 Å². The van der Waals surface area contributed by atoms with Crippen molar-refractivity contribution in [3.8, 4) is 11.5 Å². The maximum absolute atomic E-state index is 12.6. The van der Waals surface area contributed by atoms with Gasteiger partial charge in [-0.2, -0.15) is 0 Å². The molecule has 1 heterocycles. The molecule has 1 fully saturated rings. The van der Waals surface area contributed by atoms with Gasteiger partial charge in [-0.3, -0.25) is 19.3 Å². The van der Waals surface area contributed by atoms with Crippen molar-refractivity contribution >= 4 is 34.9 Å². The third-order valence-electron chi connectivity index (χ3n) is 4.02. The predicted molar refractivity (Wildman–Crippen MR) is 110 cm³/mol. The Morgan fingerprint density at radius 3 is 2.69 bits per heavy atom. The molecular formula is C21H20N2O5S. The van der Waals surface area contributed by atoms with Gasteiger partial charge >= 0.3 is 0 Å². The number of carbonyl (C=O) groups excluding carboxylic acids is 3. The van der Waals surface area contributed by atoms with E-state index in [1.54, 1.807) is 30.3 Å². The number of hydrogen-bond acceptors (Lipinski definition) is 6. The van der Waals surface area contributed by atoms with Crippen molar-refractivity contribution in [2.45, 2.75) is 6.92 Å². The lowest BCUT2D eigenvalue weighted by Gasteiger charge is -2.13. The minimum Gasteiger partial charge on any atom is -0.492 e. The summed E-state index contributed by atoms with van der Waals surface area (Å²) in [6, 6.07) is 14.4. The van der Waals surface area contributed by atoms with Crippen LogP contribution in [0.25, 0.3) is 6.08 Å². The van der Waals surface area contributed by atoms with Crippen LogP contribution in [0.2, 0.25) is 0 Å². The monoisotopic (exact) mass is 412 g/mol. The molecule has 1 aliphatic heterocycles. The number of amides is 3. The van der Waals surface area contributed by atoms with Gasteiger partial charge in [-0.05, 0) is 48.5 Å². The van der Waals surface area contributed by atoms with Crippen LogP contribution in [0.4, 0.5) is 4.79 Å². The smallest absolute Gasteiger partial charge is 0.293 e. The van der Waals surface area contributed by atoms with Gasteiger partial charge in [0.1, 0.15) is 18.1 Å². The number of primary amides is 1. The van der Waals surface area contributed by atoms with Crippen molar-refractivity contribution < 1.29 is 23.9 Å². The summed E-state index contributed by atoms with van der Waals surface area (Å²) in [5.74, 6) is 0.0974. The molecule has 0 atom stereocenters. The van der Waals surface area contributed by atoms with Crippen LogP contribution in [0.15, 0.2) is 53.4 Å². The molecule has 0 saturated carbocycles. The van der Waals surface area contributed by atoms with Gasteiger partial charge in [-0.15, -0.1) is 0 Å². The van der Waals surface area contributed by atoms with Gasteiger partial charge in [-0.1, -0.05) is 30.3 Å². The van der Waals surface area contributed by atoms with Crippen LogP contribution in [-0.4, -0.2) is 41.7 Å². The molecule has 2 aromatic rings. The van der Waals surface area contributed by atoms with Crippen LogP contribution < -0.4 is 15.2 Å². The summed E-state index contributed by atoms with van der Waals surface area (Å²) in [4.78, 5) is 37.3. The van der Waals surface area contributed by atoms with Crippen molar-refractivity contribution in [3.63, 3.8) is 0 Å². The zero-order valence-corrected chi connectivity index (χ0v) is 16.6. The summed E-state index contributed by atoms with van der Waals surface area (Å²) in [5.41, 5.74) is 6.75. The number of nitrogens with zero attached hydrogens (tertiary/aromatic N) is 1. The molecule has 8 heteroatoms. The van der Waals surface area contributed by atoms with E-state index in [1.807, 2.05) is 31.2 Å². The Morgan fingerprint density at radius 1 is 1.14 bits per heavy atom. The largest absolute Gasteiger partial charge is 0.492 e. The molecule has 7 nitrogen and oxygen atoms in total. The molecule has 0 spiro atoms. The first-order valence-corrected chi connectivity index (χ1v) is 9.70. The second kappa shape index (κ2) is 9.29. The highest BCUT2D eigenvalue weighted by atomic mass is 32.2. The maximum atomic E-state index is 12.6. The Bertz CT molecular complexity index is 973. The van der Waals surface area contributed by atoms with Crippen LogP contribution in [0.3, 0.4) is 0 Å². The summed E-state index contributed by atoms with van der Waals surface area (Å²) >= 11 is 0.854. The molecule has 3 rings (SSSR count). The summed E-state index contributed by atoms with van der Waals surface area (Å²) in [6.45, 7) is 2.03. The number of thioether (sulfide) groups is 1. The average Bonchev–Trinajstić information content (AvgIpc) is 2.95. The van der Waals surface area contributed by atoms with E-state index in [2.05, 4.69) is 0 Å². The number of para-hydroxylation sites is 1. The van der Waals surface area contributed by atoms with Gasteiger partial charge in [0.25, 0.3) is 17.1 Å². The van der Waals surface area contributed by atoms with Crippen molar-refractivity contribution in [2.24, 2.45) is 5.73 Å². The Balaban J connectivity index is 1.66. The molecule has 29 heavy (non-hydrogen) atoms. The minimum absolute atomic E-state index is 0.149. The molecule has 0 aromatic heterocycles. The van der Waals surface area contributed by atoms with E-state index in [9.17, 15) is 14.4 Å². The van der Waals surface area contributed by atoms with Gasteiger partial charge in [-0.25, -0.2) is 0 Å². The molecule has 1 aliphatic rings. The molecule has 2 aromatic carbocycles. The highest BCUT2D eigenvalue weighted by Crippen LogP contribution is 2.33. The quantitative estimate of drug-likeness (QED) is 0.669. The Morgan fingerprint density at radius 2 is 1.93 bits per heavy atom. The van der Waals surface area contributed by atoms with Gasteiger partial charge in [0.05, 0.1) is 11.4 Å². The Kier molecular flexibility index (Phi) is 6.56. The third kappa shape index (κ3) is 5.39. The molecule has 150 valence electrons. The zero-order valence-electron chi connectivity index (χ0n) is 15.8.